The molecule has 0 atom stereocenters. The zero-order valence-electron chi connectivity index (χ0n) is 14.2. The van der Waals surface area contributed by atoms with E-state index in [1.54, 1.807) is 0 Å². The first-order chi connectivity index (χ1) is 12.4. The Morgan fingerprint density at radius 3 is 2.23 bits per heavy atom. The van der Waals surface area contributed by atoms with Crippen LogP contribution in [0.25, 0.3) is 6.08 Å². The van der Waals surface area contributed by atoms with Gasteiger partial charge in [-0.15, -0.1) is 0 Å². The largest absolute Gasteiger partial charge is 0.378 e. The van der Waals surface area contributed by atoms with Gasteiger partial charge in [0.15, 0.2) is 5.11 Å². The Labute approximate surface area is 155 Å². The standard InChI is InChI=1S/C19H16FN3O2S/c1-22(2)14-7-3-12(4-8-14)11-16-17(24)21-19(26)23(18(16)25)15-9-5-13(20)6-10-15/h3-11H,1-2H3,(H,21,24,26)/b16-11-. The number of benzene rings is 2. The molecule has 1 N–H and O–H groups in total. The zero-order chi connectivity index (χ0) is 18.8. The monoisotopic (exact) mass is 369 g/mol. The molecule has 2 aromatic rings. The number of nitrogens with zero attached hydrogens (tertiary/aromatic N) is 2. The van der Waals surface area contributed by atoms with Gasteiger partial charge in [0.2, 0.25) is 0 Å². The molecule has 1 aliphatic rings. The van der Waals surface area contributed by atoms with Crippen molar-refractivity contribution in [1.82, 2.24) is 5.32 Å². The van der Waals surface area contributed by atoms with E-state index < -0.39 is 17.6 Å². The van der Waals surface area contributed by atoms with Crippen molar-refractivity contribution in [3.63, 3.8) is 0 Å². The first kappa shape index (κ1) is 17.8. The molecule has 5 nitrogen and oxygen atoms in total. The zero-order valence-corrected chi connectivity index (χ0v) is 15.0. The number of hydrogen-bond acceptors (Lipinski definition) is 4. The van der Waals surface area contributed by atoms with E-state index in [2.05, 4.69) is 5.32 Å². The Kier molecular flexibility index (Phi) is 4.81. The van der Waals surface area contributed by atoms with E-state index in [0.717, 1.165) is 5.69 Å². The second kappa shape index (κ2) is 7.05. The Balaban J connectivity index is 1.95. The average molecular weight is 369 g/mol. The van der Waals surface area contributed by atoms with Gasteiger partial charge >= 0.3 is 0 Å². The topological polar surface area (TPSA) is 52.7 Å². The van der Waals surface area contributed by atoms with Crippen LogP contribution >= 0.6 is 12.2 Å². The molecule has 0 aliphatic carbocycles. The number of carbonyl (C=O) groups excluding carboxylic acids is 2. The minimum atomic E-state index is -0.560. The number of rotatable bonds is 3. The molecule has 0 aromatic heterocycles. The third kappa shape index (κ3) is 3.48. The summed E-state index contributed by atoms with van der Waals surface area (Å²) in [5, 5.41) is 2.46. The molecule has 0 bridgehead atoms. The van der Waals surface area contributed by atoms with E-state index in [1.807, 2.05) is 43.3 Å². The molecule has 1 saturated heterocycles. The Morgan fingerprint density at radius 2 is 1.65 bits per heavy atom. The Bertz CT molecular complexity index is 905. The maximum absolute atomic E-state index is 13.1. The summed E-state index contributed by atoms with van der Waals surface area (Å²) in [6.07, 6.45) is 1.51. The summed E-state index contributed by atoms with van der Waals surface area (Å²) >= 11 is 5.11. The average Bonchev–Trinajstić information content (AvgIpc) is 2.60. The summed E-state index contributed by atoms with van der Waals surface area (Å²) in [4.78, 5) is 28.2. The number of thiocarbonyl (C=S) groups is 1. The highest BCUT2D eigenvalue weighted by molar-refractivity contribution is 7.80. The number of hydrogen-bond donors (Lipinski definition) is 1. The van der Waals surface area contributed by atoms with Gasteiger partial charge in [-0.1, -0.05) is 12.1 Å². The van der Waals surface area contributed by atoms with Crippen LogP contribution in [0.3, 0.4) is 0 Å². The lowest BCUT2D eigenvalue weighted by Gasteiger charge is -2.28. The van der Waals surface area contributed by atoms with E-state index in [0.29, 0.717) is 11.3 Å². The van der Waals surface area contributed by atoms with Crippen molar-refractivity contribution in [2.75, 3.05) is 23.9 Å². The lowest BCUT2D eigenvalue weighted by Crippen LogP contribution is -2.54. The predicted molar refractivity (Wildman–Crippen MR) is 103 cm³/mol. The van der Waals surface area contributed by atoms with Crippen LogP contribution in [0.1, 0.15) is 5.56 Å². The smallest absolute Gasteiger partial charge is 0.270 e. The van der Waals surface area contributed by atoms with Gasteiger partial charge in [0.05, 0.1) is 5.69 Å². The van der Waals surface area contributed by atoms with Crippen molar-refractivity contribution in [1.29, 1.82) is 0 Å². The van der Waals surface area contributed by atoms with Crippen molar-refractivity contribution in [2.24, 2.45) is 0 Å². The molecule has 0 radical (unpaired) electrons. The lowest BCUT2D eigenvalue weighted by atomic mass is 10.1. The van der Waals surface area contributed by atoms with E-state index in [1.165, 1.54) is 35.2 Å². The molecule has 0 unspecified atom stereocenters. The highest BCUT2D eigenvalue weighted by Crippen LogP contribution is 2.23. The van der Waals surface area contributed by atoms with Crippen LogP contribution in [0.2, 0.25) is 0 Å². The van der Waals surface area contributed by atoms with Crippen LogP contribution in [0, 0.1) is 5.82 Å². The fraction of sp³-hybridized carbons (Fsp3) is 0.105. The maximum atomic E-state index is 13.1. The molecule has 0 saturated carbocycles. The summed E-state index contributed by atoms with van der Waals surface area (Å²) in [5.41, 5.74) is 2.05. The molecule has 3 rings (SSSR count). The quantitative estimate of drug-likeness (QED) is 0.514. The number of anilines is 2. The van der Waals surface area contributed by atoms with Crippen molar-refractivity contribution < 1.29 is 14.0 Å². The van der Waals surface area contributed by atoms with E-state index in [9.17, 15) is 14.0 Å². The summed E-state index contributed by atoms with van der Waals surface area (Å²) in [5.74, 6) is -1.54. The summed E-state index contributed by atoms with van der Waals surface area (Å²) < 4.78 is 13.1. The van der Waals surface area contributed by atoms with E-state index in [-0.39, 0.29) is 10.7 Å². The molecule has 132 valence electrons. The third-order valence-electron chi connectivity index (χ3n) is 3.91. The maximum Gasteiger partial charge on any atom is 0.270 e. The van der Waals surface area contributed by atoms with Crippen LogP contribution < -0.4 is 15.1 Å². The van der Waals surface area contributed by atoms with Crippen molar-refractivity contribution in [2.45, 2.75) is 0 Å². The third-order valence-corrected chi connectivity index (χ3v) is 4.19. The van der Waals surface area contributed by atoms with E-state index >= 15 is 0 Å². The highest BCUT2D eigenvalue weighted by atomic mass is 32.1. The summed E-state index contributed by atoms with van der Waals surface area (Å²) in [6, 6.07) is 12.7. The van der Waals surface area contributed by atoms with Crippen LogP contribution in [0.4, 0.5) is 15.8 Å². The van der Waals surface area contributed by atoms with Crippen LogP contribution in [-0.4, -0.2) is 31.0 Å². The van der Waals surface area contributed by atoms with Crippen LogP contribution in [-0.2, 0) is 9.59 Å². The fourth-order valence-electron chi connectivity index (χ4n) is 2.52. The number of nitrogens with one attached hydrogen (secondary N) is 1. The summed E-state index contributed by atoms with van der Waals surface area (Å²) in [6.45, 7) is 0. The number of carbonyl (C=O) groups is 2. The molecule has 7 heteroatoms. The van der Waals surface area contributed by atoms with Gasteiger partial charge in [0.1, 0.15) is 11.4 Å². The van der Waals surface area contributed by atoms with E-state index in [4.69, 9.17) is 12.2 Å². The minimum absolute atomic E-state index is 0.0355. The van der Waals surface area contributed by atoms with Gasteiger partial charge in [-0.05, 0) is 60.3 Å². The first-order valence-corrected chi connectivity index (χ1v) is 8.22. The van der Waals surface area contributed by atoms with Gasteiger partial charge in [-0.2, -0.15) is 0 Å². The molecule has 2 amide bonds. The fourth-order valence-corrected chi connectivity index (χ4v) is 2.80. The Morgan fingerprint density at radius 1 is 1.04 bits per heavy atom. The van der Waals surface area contributed by atoms with Crippen molar-refractivity contribution in [3.8, 4) is 0 Å². The molecule has 1 aliphatic heterocycles. The molecule has 0 spiro atoms. The first-order valence-electron chi connectivity index (χ1n) is 7.81. The van der Waals surface area contributed by atoms with Crippen LogP contribution in [0.5, 0.6) is 0 Å². The highest BCUT2D eigenvalue weighted by Gasteiger charge is 2.34. The normalized spacial score (nSPS) is 16.0. The van der Waals surface area contributed by atoms with Gasteiger partial charge < -0.3 is 4.90 Å². The molecule has 1 fully saturated rings. The van der Waals surface area contributed by atoms with Gasteiger partial charge in [0.25, 0.3) is 11.8 Å². The van der Waals surface area contributed by atoms with Crippen molar-refractivity contribution in [3.05, 3.63) is 65.5 Å². The number of amides is 2. The van der Waals surface area contributed by atoms with Gasteiger partial charge in [0, 0.05) is 19.8 Å². The predicted octanol–water partition coefficient (Wildman–Crippen LogP) is 2.72. The lowest BCUT2D eigenvalue weighted by molar-refractivity contribution is -0.122. The second-order valence-electron chi connectivity index (χ2n) is 5.92. The molecule has 26 heavy (non-hydrogen) atoms. The number of halogens is 1. The van der Waals surface area contributed by atoms with Gasteiger partial charge in [-0.3, -0.25) is 19.8 Å². The summed E-state index contributed by atoms with van der Waals surface area (Å²) in [7, 11) is 3.85. The SMILES string of the molecule is CN(C)c1ccc(/C=C2/C(=O)NC(=S)N(c3ccc(F)cc3)C2=O)cc1. The van der Waals surface area contributed by atoms with Crippen LogP contribution in [0.15, 0.2) is 54.1 Å². The van der Waals surface area contributed by atoms with Gasteiger partial charge in [-0.25, -0.2) is 4.39 Å². The molecular formula is C19H16FN3O2S. The Hall–Kier alpha value is -3.06. The second-order valence-corrected chi connectivity index (χ2v) is 6.31. The van der Waals surface area contributed by atoms with Crippen molar-refractivity contribution >= 4 is 46.6 Å². The molecular weight excluding hydrogens is 353 g/mol. The minimum Gasteiger partial charge on any atom is -0.378 e. The molecule has 1 heterocycles. The molecule has 2 aromatic carbocycles.